The standard InChI is InChI=1S/C21H39NO5/c23-20(24)13-9-5-1-3-7-11-19(22-15-18-16-27-17-18)12-8-4-2-6-10-14-21(25)26/h18-19,22H,1-17H2,(H,23,24)(H,25,26). The summed E-state index contributed by atoms with van der Waals surface area (Å²) in [6.07, 6.45) is 13.6. The Labute approximate surface area is 164 Å². The second-order valence-electron chi connectivity index (χ2n) is 7.91. The van der Waals surface area contributed by atoms with E-state index in [0.717, 1.165) is 58.3 Å². The molecule has 6 nitrogen and oxygen atoms in total. The number of carboxylic acids is 2. The molecule has 1 fully saturated rings. The zero-order valence-electron chi connectivity index (χ0n) is 16.8. The van der Waals surface area contributed by atoms with Crippen molar-refractivity contribution in [2.24, 2.45) is 5.92 Å². The lowest BCUT2D eigenvalue weighted by Crippen LogP contribution is -2.41. The third-order valence-corrected chi connectivity index (χ3v) is 5.29. The van der Waals surface area contributed by atoms with Gasteiger partial charge in [0.15, 0.2) is 0 Å². The van der Waals surface area contributed by atoms with Crippen molar-refractivity contribution in [3.63, 3.8) is 0 Å². The Morgan fingerprint density at radius 1 is 0.778 bits per heavy atom. The van der Waals surface area contributed by atoms with Crippen LogP contribution < -0.4 is 5.32 Å². The Morgan fingerprint density at radius 2 is 1.22 bits per heavy atom. The summed E-state index contributed by atoms with van der Waals surface area (Å²) in [5.41, 5.74) is 0. The van der Waals surface area contributed by atoms with Crippen LogP contribution in [0.1, 0.15) is 89.9 Å². The second-order valence-corrected chi connectivity index (χ2v) is 7.91. The third-order valence-electron chi connectivity index (χ3n) is 5.29. The van der Waals surface area contributed by atoms with E-state index in [0.29, 0.717) is 24.8 Å². The molecule has 0 radical (unpaired) electrons. The average Bonchev–Trinajstić information content (AvgIpc) is 2.57. The van der Waals surface area contributed by atoms with Crippen LogP contribution in [0.2, 0.25) is 0 Å². The van der Waals surface area contributed by atoms with Crippen LogP contribution in [0.25, 0.3) is 0 Å². The van der Waals surface area contributed by atoms with Gasteiger partial charge in [0, 0.05) is 31.3 Å². The molecule has 0 aliphatic carbocycles. The van der Waals surface area contributed by atoms with Gasteiger partial charge in [-0.1, -0.05) is 51.4 Å². The van der Waals surface area contributed by atoms with Gasteiger partial charge in [0.1, 0.15) is 0 Å². The number of nitrogens with one attached hydrogen (secondary N) is 1. The normalized spacial score (nSPS) is 14.4. The molecule has 0 atom stereocenters. The quantitative estimate of drug-likeness (QED) is 0.288. The first-order valence-corrected chi connectivity index (χ1v) is 10.8. The third kappa shape index (κ3) is 14.6. The van der Waals surface area contributed by atoms with Gasteiger partial charge in [0.25, 0.3) is 0 Å². The number of carbonyl (C=O) groups is 2. The minimum Gasteiger partial charge on any atom is -0.481 e. The van der Waals surface area contributed by atoms with Gasteiger partial charge in [-0.3, -0.25) is 9.59 Å². The van der Waals surface area contributed by atoms with Crippen LogP contribution in [0.5, 0.6) is 0 Å². The van der Waals surface area contributed by atoms with Gasteiger partial charge >= 0.3 is 11.9 Å². The van der Waals surface area contributed by atoms with E-state index in [9.17, 15) is 9.59 Å². The highest BCUT2D eigenvalue weighted by atomic mass is 16.5. The molecule has 1 heterocycles. The van der Waals surface area contributed by atoms with E-state index in [4.69, 9.17) is 14.9 Å². The molecule has 1 rings (SSSR count). The summed E-state index contributed by atoms with van der Waals surface area (Å²) in [6.45, 7) is 2.81. The summed E-state index contributed by atoms with van der Waals surface area (Å²) in [5, 5.41) is 21.0. The highest BCUT2D eigenvalue weighted by molar-refractivity contribution is 5.66. The van der Waals surface area contributed by atoms with Gasteiger partial charge in [-0.2, -0.15) is 0 Å². The largest absolute Gasteiger partial charge is 0.481 e. The van der Waals surface area contributed by atoms with E-state index in [-0.39, 0.29) is 0 Å². The van der Waals surface area contributed by atoms with Crippen molar-refractivity contribution in [3.05, 3.63) is 0 Å². The molecular weight excluding hydrogens is 346 g/mol. The topological polar surface area (TPSA) is 95.9 Å². The van der Waals surface area contributed by atoms with Crippen molar-refractivity contribution in [1.29, 1.82) is 0 Å². The molecule has 1 aliphatic heterocycles. The molecule has 0 amide bonds. The number of carboxylic acid groups (broad SMARTS) is 2. The fourth-order valence-corrected chi connectivity index (χ4v) is 3.48. The monoisotopic (exact) mass is 385 g/mol. The van der Waals surface area contributed by atoms with Gasteiger partial charge in [-0.15, -0.1) is 0 Å². The van der Waals surface area contributed by atoms with E-state index in [1.54, 1.807) is 0 Å². The molecule has 1 aliphatic rings. The van der Waals surface area contributed by atoms with Crippen LogP contribution in [-0.2, 0) is 14.3 Å². The van der Waals surface area contributed by atoms with Crippen molar-refractivity contribution >= 4 is 11.9 Å². The Morgan fingerprint density at radius 3 is 1.63 bits per heavy atom. The van der Waals surface area contributed by atoms with Crippen LogP contribution in [0.15, 0.2) is 0 Å². The SMILES string of the molecule is O=C(O)CCCCCCCC(CCCCCCCC(=O)O)NCC1COC1. The van der Waals surface area contributed by atoms with Crippen molar-refractivity contribution in [2.45, 2.75) is 95.9 Å². The summed E-state index contributed by atoms with van der Waals surface area (Å²) in [5.74, 6) is -0.719. The maximum Gasteiger partial charge on any atom is 0.303 e. The van der Waals surface area contributed by atoms with Gasteiger partial charge in [-0.25, -0.2) is 0 Å². The van der Waals surface area contributed by atoms with E-state index >= 15 is 0 Å². The van der Waals surface area contributed by atoms with E-state index in [1.807, 2.05) is 0 Å². The van der Waals surface area contributed by atoms with Gasteiger partial charge in [0.05, 0.1) is 13.2 Å². The molecule has 0 saturated carbocycles. The number of rotatable bonds is 19. The first kappa shape index (κ1) is 23.9. The maximum atomic E-state index is 10.5. The molecule has 0 aromatic heterocycles. The minimum absolute atomic E-state index is 0.292. The summed E-state index contributed by atoms with van der Waals surface area (Å²) in [4.78, 5) is 21.0. The fraction of sp³-hybridized carbons (Fsp3) is 0.905. The molecule has 6 heteroatoms. The number of aliphatic carboxylic acids is 2. The van der Waals surface area contributed by atoms with Crippen LogP contribution in [0.4, 0.5) is 0 Å². The number of ether oxygens (including phenoxy) is 1. The molecule has 0 bridgehead atoms. The van der Waals surface area contributed by atoms with Crippen LogP contribution in [-0.4, -0.2) is 48.0 Å². The first-order chi connectivity index (χ1) is 13.1. The average molecular weight is 386 g/mol. The summed E-state index contributed by atoms with van der Waals surface area (Å²) >= 11 is 0. The van der Waals surface area contributed by atoms with Crippen molar-refractivity contribution in [3.8, 4) is 0 Å². The highest BCUT2D eigenvalue weighted by Crippen LogP contribution is 2.16. The first-order valence-electron chi connectivity index (χ1n) is 10.8. The molecule has 0 aromatic rings. The summed E-state index contributed by atoms with van der Waals surface area (Å²) in [6, 6.07) is 0.559. The molecule has 0 aromatic carbocycles. The Bertz CT molecular complexity index is 370. The van der Waals surface area contributed by atoms with Crippen molar-refractivity contribution in [1.82, 2.24) is 5.32 Å². The summed E-state index contributed by atoms with van der Waals surface area (Å²) < 4.78 is 5.25. The lowest BCUT2D eigenvalue weighted by molar-refractivity contribution is -0.138. The molecule has 3 N–H and O–H groups in total. The molecular formula is C21H39NO5. The predicted molar refractivity (Wildman–Crippen MR) is 106 cm³/mol. The Kier molecular flexibility index (Phi) is 14.0. The van der Waals surface area contributed by atoms with Gasteiger partial charge in [-0.05, 0) is 25.7 Å². The van der Waals surface area contributed by atoms with Gasteiger partial charge in [0.2, 0.25) is 0 Å². The van der Waals surface area contributed by atoms with Crippen LogP contribution >= 0.6 is 0 Å². The number of hydrogen-bond acceptors (Lipinski definition) is 4. The zero-order valence-corrected chi connectivity index (χ0v) is 16.8. The number of hydrogen-bond donors (Lipinski definition) is 3. The van der Waals surface area contributed by atoms with E-state index < -0.39 is 11.9 Å². The van der Waals surface area contributed by atoms with Crippen molar-refractivity contribution < 1.29 is 24.5 Å². The Balaban J connectivity index is 2.07. The molecule has 1 saturated heterocycles. The van der Waals surface area contributed by atoms with Gasteiger partial charge < -0.3 is 20.3 Å². The predicted octanol–water partition coefficient (Wildman–Crippen LogP) is 4.22. The van der Waals surface area contributed by atoms with Crippen LogP contribution in [0.3, 0.4) is 0 Å². The lowest BCUT2D eigenvalue weighted by Gasteiger charge is -2.29. The van der Waals surface area contributed by atoms with Crippen LogP contribution in [0, 0.1) is 5.92 Å². The van der Waals surface area contributed by atoms with Crippen molar-refractivity contribution in [2.75, 3.05) is 19.8 Å². The molecule has 0 unspecified atom stereocenters. The highest BCUT2D eigenvalue weighted by Gasteiger charge is 2.19. The maximum absolute atomic E-state index is 10.5. The lowest BCUT2D eigenvalue weighted by atomic mass is 9.99. The smallest absolute Gasteiger partial charge is 0.303 e. The zero-order chi connectivity index (χ0) is 19.7. The number of unbranched alkanes of at least 4 members (excludes halogenated alkanes) is 8. The molecule has 0 spiro atoms. The fourth-order valence-electron chi connectivity index (χ4n) is 3.48. The Hall–Kier alpha value is -1.14. The van der Waals surface area contributed by atoms with E-state index in [1.165, 1.54) is 38.5 Å². The second kappa shape index (κ2) is 15.9. The molecule has 158 valence electrons. The van der Waals surface area contributed by atoms with E-state index in [2.05, 4.69) is 5.32 Å². The molecule has 27 heavy (non-hydrogen) atoms. The summed E-state index contributed by atoms with van der Waals surface area (Å²) in [7, 11) is 0. The minimum atomic E-state index is -0.692.